The summed E-state index contributed by atoms with van der Waals surface area (Å²) < 4.78 is 5.48. The van der Waals surface area contributed by atoms with Gasteiger partial charge in [0, 0.05) is 12.8 Å². The summed E-state index contributed by atoms with van der Waals surface area (Å²) in [6.45, 7) is 4.94. The zero-order chi connectivity index (χ0) is 52.9. The Kier molecular flexibility index (Phi) is 61.4. The van der Waals surface area contributed by atoms with Gasteiger partial charge in [0.2, 0.25) is 5.91 Å². The van der Waals surface area contributed by atoms with E-state index in [1.165, 1.54) is 283 Å². The number of aliphatic hydroxyl groups excluding tert-OH is 2. The van der Waals surface area contributed by atoms with E-state index in [0.717, 1.165) is 51.4 Å². The molecule has 0 spiro atoms. The molecule has 73 heavy (non-hydrogen) atoms. The Hall–Kier alpha value is -1.66. The first-order valence-corrected chi connectivity index (χ1v) is 33.1. The molecule has 0 aliphatic carbocycles. The van der Waals surface area contributed by atoms with Gasteiger partial charge in [0.05, 0.1) is 25.4 Å². The Morgan fingerprint density at radius 1 is 0.384 bits per heavy atom. The lowest BCUT2D eigenvalue weighted by molar-refractivity contribution is -0.143. The number of allylic oxidation sites excluding steroid dienone is 4. The maximum atomic E-state index is 12.5. The van der Waals surface area contributed by atoms with Crippen LogP contribution in [0.4, 0.5) is 0 Å². The van der Waals surface area contributed by atoms with Crippen LogP contribution in [-0.2, 0) is 14.3 Å². The first kappa shape index (κ1) is 71.3. The molecule has 0 aromatic carbocycles. The number of aliphatic hydroxyl groups is 2. The van der Waals surface area contributed by atoms with Crippen molar-refractivity contribution in [3.63, 3.8) is 0 Å². The first-order valence-electron chi connectivity index (χ1n) is 33.1. The Balaban J connectivity index is 3.36. The van der Waals surface area contributed by atoms with Crippen LogP contribution in [0.2, 0.25) is 0 Å². The van der Waals surface area contributed by atoms with Crippen LogP contribution in [0.3, 0.4) is 0 Å². The van der Waals surface area contributed by atoms with E-state index in [1.54, 1.807) is 0 Å². The van der Waals surface area contributed by atoms with Crippen molar-refractivity contribution in [3.05, 3.63) is 24.3 Å². The van der Waals surface area contributed by atoms with Crippen LogP contribution < -0.4 is 5.32 Å². The van der Waals surface area contributed by atoms with Crippen molar-refractivity contribution >= 4 is 11.9 Å². The molecule has 0 aliphatic rings. The molecule has 6 heteroatoms. The normalized spacial score (nSPS) is 12.7. The van der Waals surface area contributed by atoms with Gasteiger partial charge < -0.3 is 20.3 Å². The molecule has 0 aromatic rings. The topological polar surface area (TPSA) is 95.9 Å². The van der Waals surface area contributed by atoms with Gasteiger partial charge in [-0.25, -0.2) is 0 Å². The molecular weight excluding hydrogens is 899 g/mol. The van der Waals surface area contributed by atoms with Gasteiger partial charge in [-0.1, -0.05) is 327 Å². The molecule has 6 nitrogen and oxygen atoms in total. The molecule has 3 N–H and O–H groups in total. The molecule has 0 rings (SSSR count). The summed E-state index contributed by atoms with van der Waals surface area (Å²) in [5, 5.41) is 23.4. The molecule has 0 radical (unpaired) electrons. The van der Waals surface area contributed by atoms with Crippen LogP contribution >= 0.6 is 0 Å². The number of hydrogen-bond donors (Lipinski definition) is 3. The third-order valence-corrected chi connectivity index (χ3v) is 15.5. The molecule has 0 bridgehead atoms. The zero-order valence-electron chi connectivity index (χ0n) is 49.4. The van der Waals surface area contributed by atoms with Crippen molar-refractivity contribution in [2.45, 2.75) is 379 Å². The SMILES string of the molecule is CCCC/C=C\C/C=C\CCCCCCCC(=O)OCCCCCCCCCCCCCCCCCCCCCCCCCCCC(=O)NC(CO)C(O)CCCCCCCCCCCCCCCCCCC. The molecule has 0 aliphatic heterocycles. The van der Waals surface area contributed by atoms with Gasteiger partial charge in [-0.2, -0.15) is 0 Å². The number of hydrogen-bond acceptors (Lipinski definition) is 5. The minimum atomic E-state index is -0.663. The van der Waals surface area contributed by atoms with Crippen LogP contribution in [0.5, 0.6) is 0 Å². The third kappa shape index (κ3) is 59.4. The molecule has 2 atom stereocenters. The quantitative estimate of drug-likeness (QED) is 0.0320. The fourth-order valence-electron chi connectivity index (χ4n) is 10.4. The van der Waals surface area contributed by atoms with Crippen LogP contribution in [0.25, 0.3) is 0 Å². The number of amides is 1. The standard InChI is InChI=1S/C67H129NO5/c1-3-5-7-9-11-13-15-17-19-29-32-35-39-43-47-51-55-59-65(70)64(63-69)68-66(71)60-56-52-48-44-40-36-33-30-27-25-23-21-20-22-24-26-28-31-34-38-42-46-50-54-58-62-73-67(72)61-57-53-49-45-41-37-18-16-14-12-10-8-6-4-2/h10,12,16,18,64-65,69-70H,3-9,11,13-15,17,19-63H2,1-2H3,(H,68,71)/b12-10-,18-16-. The fourth-order valence-corrected chi connectivity index (χ4v) is 10.4. The number of carbonyl (C=O) groups excluding carboxylic acids is 2. The summed E-state index contributed by atoms with van der Waals surface area (Å²) in [4.78, 5) is 24.6. The summed E-state index contributed by atoms with van der Waals surface area (Å²) >= 11 is 0. The van der Waals surface area contributed by atoms with Gasteiger partial charge in [-0.15, -0.1) is 0 Å². The number of unbranched alkanes of at least 4 members (excludes halogenated alkanes) is 47. The molecule has 1 amide bonds. The summed E-state index contributed by atoms with van der Waals surface area (Å²) in [5.74, 6) is -0.0279. The van der Waals surface area contributed by atoms with Crippen molar-refractivity contribution in [3.8, 4) is 0 Å². The van der Waals surface area contributed by atoms with Crippen molar-refractivity contribution in [1.82, 2.24) is 5.32 Å². The van der Waals surface area contributed by atoms with E-state index in [1.807, 2.05) is 0 Å². The van der Waals surface area contributed by atoms with Crippen molar-refractivity contribution in [1.29, 1.82) is 0 Å². The van der Waals surface area contributed by atoms with Crippen LogP contribution in [0.1, 0.15) is 367 Å². The molecule has 0 saturated carbocycles. The van der Waals surface area contributed by atoms with Crippen LogP contribution in [0, 0.1) is 0 Å². The predicted octanol–water partition coefficient (Wildman–Crippen LogP) is 21.0. The molecule has 0 fully saturated rings. The number of rotatable bonds is 62. The molecule has 0 heterocycles. The van der Waals surface area contributed by atoms with Gasteiger partial charge in [-0.05, 0) is 51.4 Å². The van der Waals surface area contributed by atoms with Crippen LogP contribution in [-0.4, -0.2) is 47.4 Å². The monoisotopic (exact) mass is 1030 g/mol. The number of carbonyl (C=O) groups is 2. The van der Waals surface area contributed by atoms with E-state index < -0.39 is 12.1 Å². The minimum Gasteiger partial charge on any atom is -0.466 e. The van der Waals surface area contributed by atoms with Gasteiger partial charge in [0.1, 0.15) is 0 Å². The summed E-state index contributed by atoms with van der Waals surface area (Å²) in [6.07, 6.45) is 77.7. The van der Waals surface area contributed by atoms with E-state index in [9.17, 15) is 19.8 Å². The maximum absolute atomic E-state index is 12.5. The summed E-state index contributed by atoms with van der Waals surface area (Å²) in [5.41, 5.74) is 0. The zero-order valence-corrected chi connectivity index (χ0v) is 49.4. The minimum absolute atomic E-state index is 0.00229. The highest BCUT2D eigenvalue weighted by molar-refractivity contribution is 5.76. The van der Waals surface area contributed by atoms with E-state index in [4.69, 9.17) is 4.74 Å². The Bertz CT molecular complexity index is 1140. The Morgan fingerprint density at radius 3 is 1.08 bits per heavy atom. The van der Waals surface area contributed by atoms with Gasteiger partial charge in [-0.3, -0.25) is 9.59 Å². The summed E-state index contributed by atoms with van der Waals surface area (Å²) in [7, 11) is 0. The molecule has 0 aromatic heterocycles. The molecular formula is C67H129NO5. The molecule has 0 saturated heterocycles. The highest BCUT2D eigenvalue weighted by Crippen LogP contribution is 2.19. The highest BCUT2D eigenvalue weighted by Gasteiger charge is 2.20. The smallest absolute Gasteiger partial charge is 0.305 e. The first-order chi connectivity index (χ1) is 36.0. The van der Waals surface area contributed by atoms with Crippen molar-refractivity contribution in [2.75, 3.05) is 13.2 Å². The number of ether oxygens (including phenoxy) is 1. The van der Waals surface area contributed by atoms with E-state index in [0.29, 0.717) is 25.9 Å². The van der Waals surface area contributed by atoms with Gasteiger partial charge >= 0.3 is 5.97 Å². The average molecular weight is 1030 g/mol. The molecule has 2 unspecified atom stereocenters. The second-order valence-electron chi connectivity index (χ2n) is 22.8. The summed E-state index contributed by atoms with van der Waals surface area (Å²) in [6, 6.07) is -0.540. The van der Waals surface area contributed by atoms with E-state index in [2.05, 4.69) is 43.5 Å². The van der Waals surface area contributed by atoms with E-state index in [-0.39, 0.29) is 18.5 Å². The van der Waals surface area contributed by atoms with Crippen LogP contribution in [0.15, 0.2) is 24.3 Å². The van der Waals surface area contributed by atoms with Crippen molar-refractivity contribution < 1.29 is 24.5 Å². The van der Waals surface area contributed by atoms with Gasteiger partial charge in [0.15, 0.2) is 0 Å². The number of nitrogens with one attached hydrogen (secondary N) is 1. The van der Waals surface area contributed by atoms with Crippen molar-refractivity contribution in [2.24, 2.45) is 0 Å². The largest absolute Gasteiger partial charge is 0.466 e. The second-order valence-corrected chi connectivity index (χ2v) is 22.8. The lowest BCUT2D eigenvalue weighted by atomic mass is 10.0. The lowest BCUT2D eigenvalue weighted by Crippen LogP contribution is -2.45. The van der Waals surface area contributed by atoms with Gasteiger partial charge in [0.25, 0.3) is 0 Å². The average Bonchev–Trinajstić information content (AvgIpc) is 3.39. The third-order valence-electron chi connectivity index (χ3n) is 15.5. The predicted molar refractivity (Wildman–Crippen MR) is 320 cm³/mol. The fraction of sp³-hybridized carbons (Fsp3) is 0.910. The lowest BCUT2D eigenvalue weighted by Gasteiger charge is -2.22. The highest BCUT2D eigenvalue weighted by atomic mass is 16.5. The second kappa shape index (κ2) is 62.9. The maximum Gasteiger partial charge on any atom is 0.305 e. The Morgan fingerprint density at radius 2 is 0.699 bits per heavy atom. The van der Waals surface area contributed by atoms with E-state index >= 15 is 0 Å². The number of esters is 1. The Labute approximate surface area is 456 Å². The molecule has 432 valence electrons.